The van der Waals surface area contributed by atoms with Crippen LogP contribution in [0.2, 0.25) is 0 Å². The number of hydrogen-bond donors (Lipinski definition) is 6. The Morgan fingerprint density at radius 3 is 1.70 bits per heavy atom. The molecule has 426 valence electrons. The summed E-state index contributed by atoms with van der Waals surface area (Å²) in [4.78, 5) is 137. The maximum atomic E-state index is 14.3. The van der Waals surface area contributed by atoms with Gasteiger partial charge in [-0.15, -0.1) is 24.8 Å². The number of nitro benzene ring substituents is 1. The minimum atomic E-state index is -0.920. The van der Waals surface area contributed by atoms with Crippen LogP contribution < -0.4 is 36.8 Å². The predicted molar refractivity (Wildman–Crippen MR) is 312 cm³/mol. The summed E-state index contributed by atoms with van der Waals surface area (Å²) in [5.74, 6) is -5.14. The molecule has 2 aliphatic heterocycles. The molecule has 2 aliphatic rings. The molecule has 0 radical (unpaired) electrons. The molecular weight excluding hydrogens is 1100 g/mol. The molecule has 23 nitrogen and oxygen atoms in total. The van der Waals surface area contributed by atoms with Crippen molar-refractivity contribution in [1.82, 2.24) is 40.2 Å². The Kier molecular flexibility index (Phi) is 19.0. The van der Waals surface area contributed by atoms with Gasteiger partial charge in [-0.05, 0) is 92.8 Å². The SMILES string of the molecule is CN(C)CCCNC(=O)c1cc(NC(=O)c2cc(NC(=O)CCCNC(=O)c3cc(C(=O)NCCNCCN4C(=O)c5cccc6cccc(c56)C4=O)cc(N4C(=O)c5cccc6cc([N+](=O)[O-])cc(c56)C4=O)c3)cn2C)cn1C.Cl.Cl. The molecular formula is C57H58Cl2N12O11. The maximum absolute atomic E-state index is 14.3. The first kappa shape index (κ1) is 60.4. The predicted octanol–water partition coefficient (Wildman–Crippen LogP) is 5.92. The molecule has 5 aromatic carbocycles. The highest BCUT2D eigenvalue weighted by Gasteiger charge is 2.37. The lowest BCUT2D eigenvalue weighted by Crippen LogP contribution is -2.44. The average molecular weight is 1160 g/mol. The number of halogens is 2. The van der Waals surface area contributed by atoms with E-state index in [1.165, 1.54) is 51.9 Å². The first-order chi connectivity index (χ1) is 38.4. The standard InChI is InChI=1S/C57H56N12O11.2ClH/c1-64(2)22-9-18-60-52(73)45-29-38(32-65(45)3)63-53(74)46-28-37(31-66(46)4)62-47(70)16-8-17-59-50(71)35-24-36(27-39(26-35)68-56(77)43-15-7-12-34-25-40(69(79)80)30-44(49(34)43)57(68)78)51(72)61-20-19-58-21-23-67-54(75)41-13-5-10-33-11-6-14-42(48(33)41)55(67)76;;/h5-7,10-15,24-32,58H,8-9,16-23H2,1-4H3,(H,59,71)(H,60,73)(H,61,72)(H,62,70)(H,63,74);2*1H. The van der Waals surface area contributed by atoms with Crippen LogP contribution in [0.3, 0.4) is 0 Å². The molecule has 9 amide bonds. The first-order valence-corrected chi connectivity index (χ1v) is 25.7. The molecule has 0 bridgehead atoms. The van der Waals surface area contributed by atoms with E-state index in [2.05, 4.69) is 31.9 Å². The molecule has 82 heavy (non-hydrogen) atoms. The summed E-state index contributed by atoms with van der Waals surface area (Å²) >= 11 is 0. The van der Waals surface area contributed by atoms with Crippen LogP contribution in [0, 0.1) is 10.1 Å². The van der Waals surface area contributed by atoms with Crippen molar-refractivity contribution in [3.63, 3.8) is 0 Å². The van der Waals surface area contributed by atoms with Crippen LogP contribution in [0.25, 0.3) is 21.5 Å². The van der Waals surface area contributed by atoms with Crippen molar-refractivity contribution in [2.24, 2.45) is 14.1 Å². The second-order valence-electron chi connectivity index (χ2n) is 19.6. The van der Waals surface area contributed by atoms with Gasteiger partial charge in [-0.3, -0.25) is 58.2 Å². The van der Waals surface area contributed by atoms with Gasteiger partial charge in [-0.1, -0.05) is 36.4 Å². The summed E-state index contributed by atoms with van der Waals surface area (Å²) in [5.41, 5.74) is 1.31. The van der Waals surface area contributed by atoms with Crippen molar-refractivity contribution < 1.29 is 48.1 Å². The van der Waals surface area contributed by atoms with Gasteiger partial charge in [0.2, 0.25) is 5.91 Å². The van der Waals surface area contributed by atoms with Gasteiger partial charge in [0.1, 0.15) is 11.4 Å². The van der Waals surface area contributed by atoms with E-state index in [0.717, 1.165) is 29.3 Å². The lowest BCUT2D eigenvalue weighted by Gasteiger charge is -2.28. The van der Waals surface area contributed by atoms with E-state index in [1.54, 1.807) is 67.5 Å². The fourth-order valence-corrected chi connectivity index (χ4v) is 9.78. The molecule has 0 aliphatic carbocycles. The number of imide groups is 2. The van der Waals surface area contributed by atoms with Gasteiger partial charge in [0, 0.05) is 123 Å². The van der Waals surface area contributed by atoms with Gasteiger partial charge in [0.25, 0.3) is 52.9 Å². The van der Waals surface area contributed by atoms with Crippen LogP contribution in [-0.4, -0.2) is 137 Å². The molecule has 6 N–H and O–H groups in total. The van der Waals surface area contributed by atoms with Crippen molar-refractivity contribution in [1.29, 1.82) is 0 Å². The zero-order valence-corrected chi connectivity index (χ0v) is 46.6. The molecule has 0 fully saturated rings. The number of nitro groups is 1. The molecule has 0 spiro atoms. The van der Waals surface area contributed by atoms with Crippen molar-refractivity contribution >= 4 is 122 Å². The van der Waals surface area contributed by atoms with E-state index in [1.807, 2.05) is 31.1 Å². The topological polar surface area (TPSA) is 289 Å². The number of rotatable bonds is 22. The third-order valence-electron chi connectivity index (χ3n) is 13.6. The molecule has 0 unspecified atom stereocenters. The number of anilines is 3. The molecule has 2 aromatic heterocycles. The number of aromatic nitrogens is 2. The van der Waals surface area contributed by atoms with E-state index in [9.17, 15) is 53.3 Å². The van der Waals surface area contributed by atoms with Crippen molar-refractivity contribution in [3.8, 4) is 0 Å². The Morgan fingerprint density at radius 1 is 0.561 bits per heavy atom. The van der Waals surface area contributed by atoms with Crippen molar-refractivity contribution in [3.05, 3.63) is 164 Å². The van der Waals surface area contributed by atoms with Crippen LogP contribution in [0.5, 0.6) is 0 Å². The molecule has 0 saturated heterocycles. The fraction of sp³-hybridized carbons (Fsp3) is 0.246. The summed E-state index contributed by atoms with van der Waals surface area (Å²) in [6.07, 6.45) is 4.03. The number of amides is 9. The first-order valence-electron chi connectivity index (χ1n) is 25.7. The molecule has 9 rings (SSSR count). The van der Waals surface area contributed by atoms with Gasteiger partial charge in [0.15, 0.2) is 0 Å². The third-order valence-corrected chi connectivity index (χ3v) is 13.6. The van der Waals surface area contributed by atoms with E-state index in [4.69, 9.17) is 0 Å². The van der Waals surface area contributed by atoms with E-state index < -0.39 is 52.2 Å². The van der Waals surface area contributed by atoms with Gasteiger partial charge < -0.3 is 45.9 Å². The smallest absolute Gasteiger partial charge is 0.272 e. The number of benzene rings is 5. The highest BCUT2D eigenvalue weighted by Crippen LogP contribution is 2.36. The van der Waals surface area contributed by atoms with E-state index >= 15 is 0 Å². The van der Waals surface area contributed by atoms with Crippen molar-refractivity contribution in [2.75, 3.05) is 75.4 Å². The quantitative estimate of drug-likeness (QED) is 0.0199. The number of carbonyl (C=O) groups is 9. The Bertz CT molecular complexity index is 3690. The van der Waals surface area contributed by atoms with E-state index in [-0.39, 0.29) is 121 Å². The Balaban J connectivity index is 0.00000484. The minimum Gasteiger partial charge on any atom is -0.352 e. The Morgan fingerprint density at radius 2 is 1.09 bits per heavy atom. The molecule has 0 atom stereocenters. The largest absolute Gasteiger partial charge is 0.352 e. The van der Waals surface area contributed by atoms with Gasteiger partial charge in [-0.25, -0.2) is 4.90 Å². The summed E-state index contributed by atoms with van der Waals surface area (Å²) < 4.78 is 3.14. The monoisotopic (exact) mass is 1160 g/mol. The lowest BCUT2D eigenvalue weighted by atomic mass is 9.92. The average Bonchev–Trinajstić information content (AvgIpc) is 4.05. The third kappa shape index (κ3) is 12.8. The Labute approximate surface area is 481 Å². The lowest BCUT2D eigenvalue weighted by molar-refractivity contribution is -0.384. The van der Waals surface area contributed by atoms with Crippen LogP contribution >= 0.6 is 24.8 Å². The highest BCUT2D eigenvalue weighted by molar-refractivity contribution is 6.36. The van der Waals surface area contributed by atoms with E-state index in [0.29, 0.717) is 45.5 Å². The zero-order valence-electron chi connectivity index (χ0n) is 45.0. The maximum Gasteiger partial charge on any atom is 0.272 e. The Hall–Kier alpha value is -9.29. The summed E-state index contributed by atoms with van der Waals surface area (Å²) in [7, 11) is 7.23. The molecule has 7 aromatic rings. The number of hydrogen-bond acceptors (Lipinski definition) is 13. The number of aryl methyl sites for hydroxylation is 2. The number of nitrogens with one attached hydrogen (secondary N) is 6. The molecule has 4 heterocycles. The summed E-state index contributed by atoms with van der Waals surface area (Å²) in [6, 6.07) is 24.3. The summed E-state index contributed by atoms with van der Waals surface area (Å²) in [5, 5.41) is 30.8. The highest BCUT2D eigenvalue weighted by atomic mass is 35.5. The van der Waals surface area contributed by atoms with Gasteiger partial charge in [-0.2, -0.15) is 0 Å². The minimum absolute atomic E-state index is 0. The molecule has 0 saturated carbocycles. The second kappa shape index (κ2) is 25.9. The van der Waals surface area contributed by atoms with Gasteiger partial charge >= 0.3 is 0 Å². The fourth-order valence-electron chi connectivity index (χ4n) is 9.78. The normalized spacial score (nSPS) is 12.5. The second-order valence-corrected chi connectivity index (χ2v) is 19.6. The summed E-state index contributed by atoms with van der Waals surface area (Å²) in [6.45, 7) is 1.74. The van der Waals surface area contributed by atoms with Crippen LogP contribution in [0.1, 0.15) is 102 Å². The van der Waals surface area contributed by atoms with Gasteiger partial charge in [0.05, 0.1) is 27.5 Å². The zero-order chi connectivity index (χ0) is 56.9. The molecule has 25 heteroatoms. The van der Waals surface area contributed by atoms with Crippen LogP contribution in [0.15, 0.2) is 109 Å². The van der Waals surface area contributed by atoms with Crippen LogP contribution in [0.4, 0.5) is 22.7 Å². The number of carbonyl (C=O) groups excluding carboxylic acids is 9. The number of nitrogens with zero attached hydrogens (tertiary/aromatic N) is 6. The van der Waals surface area contributed by atoms with Crippen LogP contribution in [-0.2, 0) is 18.9 Å². The van der Waals surface area contributed by atoms with Crippen molar-refractivity contribution in [2.45, 2.75) is 19.3 Å². The number of non-ortho nitro benzene ring substituents is 1.